The minimum absolute atomic E-state index is 0.0826. The molecule has 3 aromatic rings. The predicted octanol–water partition coefficient (Wildman–Crippen LogP) is 3.11. The Morgan fingerprint density at radius 3 is 2.69 bits per heavy atom. The molecule has 0 spiro atoms. The summed E-state index contributed by atoms with van der Waals surface area (Å²) in [5.74, 6) is 0.213. The van der Waals surface area contributed by atoms with Crippen molar-refractivity contribution in [3.63, 3.8) is 0 Å². The van der Waals surface area contributed by atoms with Gasteiger partial charge in [0.15, 0.2) is 5.69 Å². The van der Waals surface area contributed by atoms with Gasteiger partial charge in [0.2, 0.25) is 0 Å². The van der Waals surface area contributed by atoms with Crippen molar-refractivity contribution in [1.29, 1.82) is 0 Å². The second kappa shape index (κ2) is 6.24. The van der Waals surface area contributed by atoms with E-state index in [2.05, 4.69) is 15.1 Å². The van der Waals surface area contributed by atoms with Crippen molar-refractivity contribution in [1.82, 2.24) is 19.6 Å². The standard InChI is InChI=1S/C17H16F3N5O/c1-11-8-24(13(9-26-11)12-5-3-2-4-6-12)15-7-14(17(18,19)20)23-16-21-10-22-25(15)16/h2-7,10-11,13H,8-9H2,1H3/t11-,13+/m0/s1. The Balaban J connectivity index is 1.86. The zero-order chi connectivity index (χ0) is 18.3. The first-order chi connectivity index (χ1) is 12.4. The lowest BCUT2D eigenvalue weighted by Crippen LogP contribution is -2.44. The second-order valence-corrected chi connectivity index (χ2v) is 6.19. The van der Waals surface area contributed by atoms with E-state index >= 15 is 0 Å². The van der Waals surface area contributed by atoms with Crippen molar-refractivity contribution in [2.24, 2.45) is 0 Å². The van der Waals surface area contributed by atoms with E-state index < -0.39 is 11.9 Å². The highest BCUT2D eigenvalue weighted by molar-refractivity contribution is 5.50. The summed E-state index contributed by atoms with van der Waals surface area (Å²) in [6.07, 6.45) is -3.49. The highest BCUT2D eigenvalue weighted by atomic mass is 19.4. The zero-order valence-corrected chi connectivity index (χ0v) is 13.9. The lowest BCUT2D eigenvalue weighted by atomic mass is 10.0. The zero-order valence-electron chi connectivity index (χ0n) is 13.9. The molecule has 0 amide bonds. The number of ether oxygens (including phenoxy) is 1. The number of benzene rings is 1. The van der Waals surface area contributed by atoms with Gasteiger partial charge in [0.05, 0.1) is 18.8 Å². The van der Waals surface area contributed by atoms with Crippen LogP contribution in [0.5, 0.6) is 0 Å². The van der Waals surface area contributed by atoms with Gasteiger partial charge in [-0.15, -0.1) is 0 Å². The molecule has 2 atom stereocenters. The van der Waals surface area contributed by atoms with Gasteiger partial charge in [-0.05, 0) is 12.5 Å². The van der Waals surface area contributed by atoms with Crippen LogP contribution in [0.4, 0.5) is 19.0 Å². The lowest BCUT2D eigenvalue weighted by molar-refractivity contribution is -0.141. The van der Waals surface area contributed by atoms with E-state index in [4.69, 9.17) is 4.74 Å². The van der Waals surface area contributed by atoms with Crippen molar-refractivity contribution >= 4 is 11.6 Å². The van der Waals surface area contributed by atoms with Crippen LogP contribution in [0.25, 0.3) is 5.78 Å². The molecule has 136 valence electrons. The van der Waals surface area contributed by atoms with E-state index in [1.54, 1.807) is 0 Å². The number of halogens is 3. The SMILES string of the molecule is C[C@H]1CN(c2cc(C(F)(F)F)nc3ncnn23)[C@@H](c2ccccc2)CO1. The first-order valence-electron chi connectivity index (χ1n) is 8.14. The number of rotatable bonds is 2. The molecule has 4 rings (SSSR count). The molecule has 3 heterocycles. The van der Waals surface area contributed by atoms with Crippen molar-refractivity contribution in [3.05, 3.63) is 54.0 Å². The molecule has 0 bridgehead atoms. The summed E-state index contributed by atoms with van der Waals surface area (Å²) in [5.41, 5.74) is -0.0306. The Bertz CT molecular complexity index is 912. The summed E-state index contributed by atoms with van der Waals surface area (Å²) in [4.78, 5) is 9.31. The summed E-state index contributed by atoms with van der Waals surface area (Å²) >= 11 is 0. The van der Waals surface area contributed by atoms with Crippen LogP contribution in [0, 0.1) is 0 Å². The molecule has 0 aliphatic carbocycles. The molecule has 9 heteroatoms. The Morgan fingerprint density at radius 1 is 1.19 bits per heavy atom. The van der Waals surface area contributed by atoms with Gasteiger partial charge in [-0.3, -0.25) is 0 Å². The maximum absolute atomic E-state index is 13.3. The second-order valence-electron chi connectivity index (χ2n) is 6.19. The van der Waals surface area contributed by atoms with Gasteiger partial charge < -0.3 is 9.64 Å². The largest absolute Gasteiger partial charge is 0.433 e. The number of nitrogens with zero attached hydrogens (tertiary/aromatic N) is 5. The fraction of sp³-hybridized carbons (Fsp3) is 0.353. The predicted molar refractivity (Wildman–Crippen MR) is 87.7 cm³/mol. The molecule has 1 fully saturated rings. The number of fused-ring (bicyclic) bond motifs is 1. The van der Waals surface area contributed by atoms with Gasteiger partial charge in [-0.25, -0.2) is 4.98 Å². The topological polar surface area (TPSA) is 55.6 Å². The third-order valence-electron chi connectivity index (χ3n) is 4.37. The summed E-state index contributed by atoms with van der Waals surface area (Å²) in [7, 11) is 0. The van der Waals surface area contributed by atoms with Crippen LogP contribution in [-0.2, 0) is 10.9 Å². The number of hydrogen-bond acceptors (Lipinski definition) is 5. The smallest absolute Gasteiger partial charge is 0.374 e. The highest BCUT2D eigenvalue weighted by Crippen LogP contribution is 2.35. The Kier molecular flexibility index (Phi) is 4.03. The van der Waals surface area contributed by atoms with Gasteiger partial charge in [0.25, 0.3) is 5.78 Å². The number of aromatic nitrogens is 4. The first kappa shape index (κ1) is 16.8. The van der Waals surface area contributed by atoms with E-state index in [-0.39, 0.29) is 17.9 Å². The van der Waals surface area contributed by atoms with E-state index in [0.29, 0.717) is 19.0 Å². The number of hydrogen-bond donors (Lipinski definition) is 0. The van der Waals surface area contributed by atoms with Crippen LogP contribution < -0.4 is 4.90 Å². The summed E-state index contributed by atoms with van der Waals surface area (Å²) in [6, 6.07) is 10.3. The van der Waals surface area contributed by atoms with E-state index in [9.17, 15) is 13.2 Å². The molecule has 1 aliphatic rings. The lowest BCUT2D eigenvalue weighted by Gasteiger charge is -2.40. The van der Waals surface area contributed by atoms with Crippen LogP contribution in [0.3, 0.4) is 0 Å². The molecule has 1 saturated heterocycles. The molecule has 1 aromatic carbocycles. The minimum atomic E-state index is -4.57. The average Bonchev–Trinajstić information content (AvgIpc) is 3.09. The molecular weight excluding hydrogens is 347 g/mol. The third-order valence-corrected chi connectivity index (χ3v) is 4.37. The summed E-state index contributed by atoms with van der Waals surface area (Å²) < 4.78 is 47.0. The van der Waals surface area contributed by atoms with E-state index in [1.807, 2.05) is 42.2 Å². The van der Waals surface area contributed by atoms with Crippen molar-refractivity contribution in [3.8, 4) is 0 Å². The van der Waals surface area contributed by atoms with Crippen LogP contribution in [-0.4, -0.2) is 38.8 Å². The van der Waals surface area contributed by atoms with Gasteiger partial charge in [-0.1, -0.05) is 30.3 Å². The molecule has 26 heavy (non-hydrogen) atoms. The molecule has 6 nitrogen and oxygen atoms in total. The van der Waals surface area contributed by atoms with Crippen LogP contribution >= 0.6 is 0 Å². The monoisotopic (exact) mass is 363 g/mol. The van der Waals surface area contributed by atoms with Gasteiger partial charge in [0.1, 0.15) is 12.1 Å². The first-order valence-corrected chi connectivity index (χ1v) is 8.14. The van der Waals surface area contributed by atoms with Crippen molar-refractivity contribution < 1.29 is 17.9 Å². The summed E-state index contributed by atoms with van der Waals surface area (Å²) in [5, 5.41) is 4.06. The number of anilines is 1. The molecule has 0 unspecified atom stereocenters. The van der Waals surface area contributed by atoms with Crippen molar-refractivity contribution in [2.75, 3.05) is 18.1 Å². The number of alkyl halides is 3. The van der Waals surface area contributed by atoms with E-state index in [0.717, 1.165) is 11.6 Å². The Hall–Kier alpha value is -2.68. The highest BCUT2D eigenvalue weighted by Gasteiger charge is 2.36. The molecule has 0 radical (unpaired) electrons. The van der Waals surface area contributed by atoms with Crippen molar-refractivity contribution in [2.45, 2.75) is 25.2 Å². The quantitative estimate of drug-likeness (QED) is 0.700. The van der Waals surface area contributed by atoms with Crippen LogP contribution in [0.1, 0.15) is 24.2 Å². The molecule has 0 N–H and O–H groups in total. The van der Waals surface area contributed by atoms with Crippen LogP contribution in [0.2, 0.25) is 0 Å². The number of morpholine rings is 1. The fourth-order valence-electron chi connectivity index (χ4n) is 3.15. The fourth-order valence-corrected chi connectivity index (χ4v) is 3.15. The van der Waals surface area contributed by atoms with Crippen LogP contribution in [0.15, 0.2) is 42.7 Å². The van der Waals surface area contributed by atoms with Gasteiger partial charge in [-0.2, -0.15) is 27.8 Å². The van der Waals surface area contributed by atoms with Gasteiger partial charge >= 0.3 is 6.18 Å². The average molecular weight is 363 g/mol. The Labute approximate surface area is 147 Å². The molecule has 1 aliphatic heterocycles. The molecular formula is C17H16F3N5O. The van der Waals surface area contributed by atoms with Gasteiger partial charge in [0, 0.05) is 12.6 Å². The third kappa shape index (κ3) is 2.98. The molecule has 0 saturated carbocycles. The van der Waals surface area contributed by atoms with E-state index in [1.165, 1.54) is 10.8 Å². The maximum atomic E-state index is 13.3. The maximum Gasteiger partial charge on any atom is 0.433 e. The Morgan fingerprint density at radius 2 is 1.96 bits per heavy atom. The minimum Gasteiger partial charge on any atom is -0.374 e. The normalized spacial score (nSPS) is 21.3. The summed E-state index contributed by atoms with van der Waals surface area (Å²) in [6.45, 7) is 2.68. The molecule has 2 aromatic heterocycles.